The van der Waals surface area contributed by atoms with Gasteiger partial charge < -0.3 is 16.0 Å². The van der Waals surface area contributed by atoms with E-state index in [2.05, 4.69) is 20.0 Å². The standard InChI is InChI=1S/C11H21N5O3S/c1-3-20(18,19)14-7-8(2)13-5-4-10-15-9(12)6-11(17)16-10/h6,8,13-14H,3-5,7H2,1-2H3,(H3,12,15,16,17)/t8-/m0/s1. The minimum Gasteiger partial charge on any atom is -0.383 e. The lowest BCUT2D eigenvalue weighted by Crippen LogP contribution is -2.40. The zero-order valence-corrected chi connectivity index (χ0v) is 12.5. The fraction of sp³-hybridized carbons (Fsp3) is 0.636. The molecule has 0 aliphatic heterocycles. The normalized spacial score (nSPS) is 13.3. The van der Waals surface area contributed by atoms with Gasteiger partial charge in [-0.2, -0.15) is 0 Å². The van der Waals surface area contributed by atoms with Crippen molar-refractivity contribution in [3.63, 3.8) is 0 Å². The number of rotatable bonds is 8. The van der Waals surface area contributed by atoms with Gasteiger partial charge in [-0.3, -0.25) is 4.79 Å². The van der Waals surface area contributed by atoms with Crippen molar-refractivity contribution < 1.29 is 8.42 Å². The lowest BCUT2D eigenvalue weighted by Gasteiger charge is -2.14. The van der Waals surface area contributed by atoms with Crippen LogP contribution in [-0.2, 0) is 16.4 Å². The van der Waals surface area contributed by atoms with Crippen LogP contribution in [0.5, 0.6) is 0 Å². The van der Waals surface area contributed by atoms with E-state index in [1.807, 2.05) is 6.92 Å². The van der Waals surface area contributed by atoms with Crippen LogP contribution in [-0.4, -0.2) is 43.3 Å². The monoisotopic (exact) mass is 303 g/mol. The molecule has 114 valence electrons. The summed E-state index contributed by atoms with van der Waals surface area (Å²) in [4.78, 5) is 17.8. The Kier molecular flexibility index (Phi) is 6.11. The average Bonchev–Trinajstić information content (AvgIpc) is 2.35. The van der Waals surface area contributed by atoms with Gasteiger partial charge >= 0.3 is 0 Å². The predicted octanol–water partition coefficient (Wildman–Crippen LogP) is -1.19. The third kappa shape index (κ3) is 6.13. The molecule has 5 N–H and O–H groups in total. The molecule has 0 amide bonds. The van der Waals surface area contributed by atoms with Crippen molar-refractivity contribution in [2.45, 2.75) is 26.3 Å². The molecule has 0 radical (unpaired) electrons. The molecular weight excluding hydrogens is 282 g/mol. The van der Waals surface area contributed by atoms with Crippen LogP contribution < -0.4 is 21.3 Å². The largest absolute Gasteiger partial charge is 0.383 e. The van der Waals surface area contributed by atoms with E-state index in [4.69, 9.17) is 5.73 Å². The highest BCUT2D eigenvalue weighted by atomic mass is 32.2. The molecule has 1 aromatic rings. The zero-order valence-electron chi connectivity index (χ0n) is 11.6. The fourth-order valence-corrected chi connectivity index (χ4v) is 2.22. The van der Waals surface area contributed by atoms with Crippen molar-refractivity contribution in [2.75, 3.05) is 24.6 Å². The van der Waals surface area contributed by atoms with Crippen molar-refractivity contribution in [3.8, 4) is 0 Å². The Bertz CT molecular complexity index is 584. The maximum Gasteiger partial charge on any atom is 0.252 e. The van der Waals surface area contributed by atoms with E-state index in [0.29, 0.717) is 25.3 Å². The molecule has 0 unspecified atom stereocenters. The van der Waals surface area contributed by atoms with Gasteiger partial charge in [0.05, 0.1) is 5.75 Å². The first-order valence-electron chi connectivity index (χ1n) is 6.39. The van der Waals surface area contributed by atoms with E-state index in [9.17, 15) is 13.2 Å². The number of H-pyrrole nitrogens is 1. The number of hydrogen-bond acceptors (Lipinski definition) is 6. The van der Waals surface area contributed by atoms with Gasteiger partial charge in [0, 0.05) is 31.6 Å². The number of hydrogen-bond donors (Lipinski definition) is 4. The molecule has 20 heavy (non-hydrogen) atoms. The van der Waals surface area contributed by atoms with Gasteiger partial charge in [-0.15, -0.1) is 0 Å². The van der Waals surface area contributed by atoms with E-state index < -0.39 is 10.0 Å². The molecular formula is C11H21N5O3S. The molecule has 1 aromatic heterocycles. The molecule has 0 spiro atoms. The van der Waals surface area contributed by atoms with E-state index in [0.717, 1.165) is 0 Å². The Morgan fingerprint density at radius 1 is 1.50 bits per heavy atom. The van der Waals surface area contributed by atoms with Crippen LogP contribution in [0, 0.1) is 0 Å². The van der Waals surface area contributed by atoms with Crippen LogP contribution in [0.1, 0.15) is 19.7 Å². The highest BCUT2D eigenvalue weighted by Crippen LogP contribution is 1.93. The first-order chi connectivity index (χ1) is 9.32. The van der Waals surface area contributed by atoms with Crippen molar-refractivity contribution in [1.82, 2.24) is 20.0 Å². The van der Waals surface area contributed by atoms with Gasteiger partial charge in [-0.1, -0.05) is 0 Å². The molecule has 1 atom stereocenters. The number of nitrogens with two attached hydrogens (primary N) is 1. The first kappa shape index (κ1) is 16.6. The molecule has 1 rings (SSSR count). The molecule has 1 heterocycles. The molecule has 9 heteroatoms. The molecule has 0 aliphatic carbocycles. The van der Waals surface area contributed by atoms with Crippen LogP contribution in [0.4, 0.5) is 5.82 Å². The number of nitrogens with one attached hydrogen (secondary N) is 3. The number of sulfonamides is 1. The third-order valence-electron chi connectivity index (χ3n) is 2.65. The maximum atomic E-state index is 11.3. The van der Waals surface area contributed by atoms with Gasteiger partial charge in [0.2, 0.25) is 10.0 Å². The van der Waals surface area contributed by atoms with Gasteiger partial charge in [0.25, 0.3) is 5.56 Å². The fourth-order valence-electron chi connectivity index (χ4n) is 1.51. The van der Waals surface area contributed by atoms with Crippen LogP contribution in [0.3, 0.4) is 0 Å². The molecule has 0 aromatic carbocycles. The van der Waals surface area contributed by atoms with Crippen molar-refractivity contribution in [3.05, 3.63) is 22.2 Å². The molecule has 0 bridgehead atoms. The molecule has 0 saturated carbocycles. The smallest absolute Gasteiger partial charge is 0.252 e. The summed E-state index contributed by atoms with van der Waals surface area (Å²) in [7, 11) is -3.17. The first-order valence-corrected chi connectivity index (χ1v) is 8.04. The highest BCUT2D eigenvalue weighted by molar-refractivity contribution is 7.89. The minimum atomic E-state index is -3.17. The Balaban J connectivity index is 2.35. The molecule has 0 saturated heterocycles. The second kappa shape index (κ2) is 7.36. The predicted molar refractivity (Wildman–Crippen MR) is 77.9 cm³/mol. The summed E-state index contributed by atoms with van der Waals surface area (Å²) in [5, 5.41) is 3.14. The third-order valence-corrected chi connectivity index (χ3v) is 4.02. The summed E-state index contributed by atoms with van der Waals surface area (Å²) < 4.78 is 25.0. The Morgan fingerprint density at radius 2 is 2.20 bits per heavy atom. The number of nitrogen functional groups attached to an aromatic ring is 1. The zero-order chi connectivity index (χ0) is 15.2. The van der Waals surface area contributed by atoms with Crippen molar-refractivity contribution in [2.24, 2.45) is 0 Å². The summed E-state index contributed by atoms with van der Waals surface area (Å²) in [6, 6.07) is 1.20. The Hall–Kier alpha value is -1.45. The van der Waals surface area contributed by atoms with E-state index in [-0.39, 0.29) is 23.2 Å². The maximum absolute atomic E-state index is 11.3. The van der Waals surface area contributed by atoms with Crippen molar-refractivity contribution in [1.29, 1.82) is 0 Å². The lowest BCUT2D eigenvalue weighted by atomic mass is 10.3. The number of anilines is 1. The van der Waals surface area contributed by atoms with Gasteiger partial charge in [-0.25, -0.2) is 18.1 Å². The molecule has 0 fully saturated rings. The summed E-state index contributed by atoms with van der Waals surface area (Å²) in [5.74, 6) is 0.755. The van der Waals surface area contributed by atoms with Crippen LogP contribution in [0.25, 0.3) is 0 Å². The summed E-state index contributed by atoms with van der Waals surface area (Å²) in [6.07, 6.45) is 0.505. The molecule has 0 aliphatic rings. The van der Waals surface area contributed by atoms with E-state index >= 15 is 0 Å². The quantitative estimate of drug-likeness (QED) is 0.478. The summed E-state index contributed by atoms with van der Waals surface area (Å²) in [5.41, 5.74) is 5.19. The second-order valence-corrected chi connectivity index (χ2v) is 6.57. The van der Waals surface area contributed by atoms with E-state index in [1.54, 1.807) is 6.92 Å². The number of nitrogens with zero attached hydrogens (tertiary/aromatic N) is 1. The number of aromatic nitrogens is 2. The van der Waals surface area contributed by atoms with Crippen LogP contribution in [0.2, 0.25) is 0 Å². The Labute approximate surface area is 118 Å². The topological polar surface area (TPSA) is 130 Å². The molecule has 8 nitrogen and oxygen atoms in total. The second-order valence-electron chi connectivity index (χ2n) is 4.47. The Morgan fingerprint density at radius 3 is 2.80 bits per heavy atom. The summed E-state index contributed by atoms with van der Waals surface area (Å²) >= 11 is 0. The lowest BCUT2D eigenvalue weighted by molar-refractivity contribution is 0.524. The number of aromatic amines is 1. The van der Waals surface area contributed by atoms with Crippen molar-refractivity contribution >= 4 is 15.8 Å². The van der Waals surface area contributed by atoms with Gasteiger partial charge in [-0.05, 0) is 13.8 Å². The highest BCUT2D eigenvalue weighted by Gasteiger charge is 2.09. The summed E-state index contributed by atoms with van der Waals surface area (Å²) in [6.45, 7) is 4.33. The van der Waals surface area contributed by atoms with Crippen LogP contribution >= 0.6 is 0 Å². The average molecular weight is 303 g/mol. The van der Waals surface area contributed by atoms with Gasteiger partial charge in [0.1, 0.15) is 11.6 Å². The minimum absolute atomic E-state index is 0.0240. The van der Waals surface area contributed by atoms with Gasteiger partial charge in [0.15, 0.2) is 0 Å². The van der Waals surface area contributed by atoms with Crippen LogP contribution in [0.15, 0.2) is 10.9 Å². The SMILES string of the molecule is CCS(=O)(=O)NC[C@H](C)NCCc1nc(N)cc(=O)[nH]1. The van der Waals surface area contributed by atoms with E-state index in [1.165, 1.54) is 6.07 Å².